The van der Waals surface area contributed by atoms with Gasteiger partial charge in [0.25, 0.3) is 0 Å². The van der Waals surface area contributed by atoms with Crippen LogP contribution in [0.4, 0.5) is 5.69 Å². The zero-order valence-corrected chi connectivity index (χ0v) is 20.2. The third-order valence-corrected chi connectivity index (χ3v) is 6.46. The molecule has 1 saturated heterocycles. The topological polar surface area (TPSA) is 65.8 Å². The van der Waals surface area contributed by atoms with Gasteiger partial charge in [0, 0.05) is 24.9 Å². The Morgan fingerprint density at radius 3 is 2.51 bits per heavy atom. The summed E-state index contributed by atoms with van der Waals surface area (Å²) in [5, 5.41) is 0. The molecule has 1 fully saturated rings. The molecule has 180 valence electrons. The molecule has 1 aliphatic heterocycles. The summed E-state index contributed by atoms with van der Waals surface area (Å²) in [5.74, 6) is 3.05. The second-order valence-corrected chi connectivity index (χ2v) is 8.72. The first kappa shape index (κ1) is 22.8. The number of methoxy groups -OCH3 is 2. The predicted octanol–water partition coefficient (Wildman–Crippen LogP) is 4.96. The SMILES string of the molecule is COc1ccc(OC)c(N2C[C@@H](c3nc4ccccc4n3CCOc3ccc(C)cc3)CC2=O)c1. The highest BCUT2D eigenvalue weighted by molar-refractivity contribution is 5.98. The number of carbonyl (C=O) groups is 1. The van der Waals surface area contributed by atoms with Crippen LogP contribution in [0.5, 0.6) is 17.2 Å². The maximum atomic E-state index is 13.1. The van der Waals surface area contributed by atoms with Gasteiger partial charge in [-0.1, -0.05) is 29.8 Å². The average Bonchev–Trinajstić information content (AvgIpc) is 3.45. The van der Waals surface area contributed by atoms with Gasteiger partial charge in [-0.2, -0.15) is 0 Å². The molecule has 0 spiro atoms. The second-order valence-electron chi connectivity index (χ2n) is 8.72. The molecule has 0 radical (unpaired) electrons. The monoisotopic (exact) mass is 471 g/mol. The highest BCUT2D eigenvalue weighted by atomic mass is 16.5. The molecule has 5 rings (SSSR count). The van der Waals surface area contributed by atoms with Crippen LogP contribution in [0, 0.1) is 6.92 Å². The zero-order valence-electron chi connectivity index (χ0n) is 20.2. The number of aryl methyl sites for hydroxylation is 1. The van der Waals surface area contributed by atoms with Crippen molar-refractivity contribution < 1.29 is 19.0 Å². The second kappa shape index (κ2) is 9.70. The summed E-state index contributed by atoms with van der Waals surface area (Å²) in [7, 11) is 3.22. The molecule has 2 heterocycles. The zero-order chi connectivity index (χ0) is 24.4. The normalized spacial score (nSPS) is 15.6. The minimum absolute atomic E-state index is 0.0380. The number of fused-ring (bicyclic) bond motifs is 1. The van der Waals surface area contributed by atoms with Crippen molar-refractivity contribution in [3.8, 4) is 17.2 Å². The van der Waals surface area contributed by atoms with E-state index in [-0.39, 0.29) is 11.8 Å². The Labute approximate surface area is 204 Å². The Morgan fingerprint density at radius 1 is 0.971 bits per heavy atom. The summed E-state index contributed by atoms with van der Waals surface area (Å²) in [4.78, 5) is 19.9. The Bertz CT molecular complexity index is 1350. The minimum atomic E-state index is -0.0508. The van der Waals surface area contributed by atoms with E-state index in [9.17, 15) is 4.79 Å². The number of amides is 1. The predicted molar refractivity (Wildman–Crippen MR) is 136 cm³/mol. The molecule has 0 saturated carbocycles. The molecule has 1 aliphatic rings. The quantitative estimate of drug-likeness (QED) is 0.363. The maximum Gasteiger partial charge on any atom is 0.227 e. The van der Waals surface area contributed by atoms with Crippen LogP contribution in [0.1, 0.15) is 23.7 Å². The Hall–Kier alpha value is -4.00. The van der Waals surface area contributed by atoms with Gasteiger partial charge in [-0.15, -0.1) is 0 Å². The molecule has 35 heavy (non-hydrogen) atoms. The standard InChI is InChI=1S/C28H29N3O4/c1-19-8-10-21(11-9-19)35-15-14-30-24-7-5-4-6-23(24)29-28(30)20-16-27(32)31(18-20)25-17-22(33-2)12-13-26(25)34-3/h4-13,17,20H,14-16,18H2,1-3H3/t20-/m0/s1. The van der Waals surface area contributed by atoms with Crippen LogP contribution < -0.4 is 19.1 Å². The van der Waals surface area contributed by atoms with E-state index in [1.165, 1.54) is 5.56 Å². The van der Waals surface area contributed by atoms with Gasteiger partial charge < -0.3 is 23.7 Å². The van der Waals surface area contributed by atoms with Crippen molar-refractivity contribution >= 4 is 22.6 Å². The van der Waals surface area contributed by atoms with Gasteiger partial charge >= 0.3 is 0 Å². The number of benzene rings is 3. The number of anilines is 1. The summed E-state index contributed by atoms with van der Waals surface area (Å²) in [6.45, 7) is 3.72. The lowest BCUT2D eigenvalue weighted by atomic mass is 10.1. The van der Waals surface area contributed by atoms with E-state index in [2.05, 4.69) is 17.6 Å². The fourth-order valence-electron chi connectivity index (χ4n) is 4.65. The van der Waals surface area contributed by atoms with E-state index in [1.54, 1.807) is 19.1 Å². The number of aromatic nitrogens is 2. The minimum Gasteiger partial charge on any atom is -0.497 e. The largest absolute Gasteiger partial charge is 0.497 e. The van der Waals surface area contributed by atoms with Crippen LogP contribution >= 0.6 is 0 Å². The highest BCUT2D eigenvalue weighted by Gasteiger charge is 2.36. The van der Waals surface area contributed by atoms with Crippen molar-refractivity contribution in [2.24, 2.45) is 0 Å². The number of hydrogen-bond acceptors (Lipinski definition) is 5. The van der Waals surface area contributed by atoms with Gasteiger partial charge in [0.1, 0.15) is 29.7 Å². The average molecular weight is 472 g/mol. The summed E-state index contributed by atoms with van der Waals surface area (Å²) >= 11 is 0. The van der Waals surface area contributed by atoms with Gasteiger partial charge in [-0.05, 0) is 43.3 Å². The van der Waals surface area contributed by atoms with Crippen molar-refractivity contribution in [3.63, 3.8) is 0 Å². The van der Waals surface area contributed by atoms with Crippen LogP contribution in [0.15, 0.2) is 66.7 Å². The summed E-state index contributed by atoms with van der Waals surface area (Å²) < 4.78 is 19.1. The number of ether oxygens (including phenoxy) is 3. The van der Waals surface area contributed by atoms with Crippen LogP contribution in [-0.4, -0.2) is 42.8 Å². The molecule has 7 nitrogen and oxygen atoms in total. The first-order valence-electron chi connectivity index (χ1n) is 11.7. The molecular weight excluding hydrogens is 442 g/mol. The molecule has 0 unspecified atom stereocenters. The van der Waals surface area contributed by atoms with Gasteiger partial charge in [0.2, 0.25) is 5.91 Å². The van der Waals surface area contributed by atoms with Gasteiger partial charge in [-0.3, -0.25) is 4.79 Å². The first-order valence-corrected chi connectivity index (χ1v) is 11.7. The molecule has 0 N–H and O–H groups in total. The maximum absolute atomic E-state index is 13.1. The molecule has 4 aromatic rings. The van der Waals surface area contributed by atoms with Crippen LogP contribution in [0.25, 0.3) is 11.0 Å². The number of rotatable bonds is 8. The lowest BCUT2D eigenvalue weighted by Crippen LogP contribution is -2.25. The Morgan fingerprint density at radius 2 is 1.74 bits per heavy atom. The van der Waals surface area contributed by atoms with Crippen LogP contribution in [0.3, 0.4) is 0 Å². The van der Waals surface area contributed by atoms with Crippen LogP contribution in [-0.2, 0) is 11.3 Å². The molecule has 1 atom stereocenters. The fraction of sp³-hybridized carbons (Fsp3) is 0.286. The van der Waals surface area contributed by atoms with Crippen molar-refractivity contribution in [3.05, 3.63) is 78.1 Å². The molecule has 0 aliphatic carbocycles. The molecule has 0 bridgehead atoms. The highest BCUT2D eigenvalue weighted by Crippen LogP contribution is 2.39. The van der Waals surface area contributed by atoms with Crippen LogP contribution in [0.2, 0.25) is 0 Å². The third-order valence-electron chi connectivity index (χ3n) is 6.46. The molecule has 1 amide bonds. The van der Waals surface area contributed by atoms with Crippen molar-refractivity contribution in [2.75, 3.05) is 32.3 Å². The van der Waals surface area contributed by atoms with E-state index in [0.717, 1.165) is 22.6 Å². The number of imidazole rings is 1. The summed E-state index contributed by atoms with van der Waals surface area (Å²) in [6, 6.07) is 21.6. The molecule has 7 heteroatoms. The number of hydrogen-bond donors (Lipinski definition) is 0. The lowest BCUT2D eigenvalue weighted by molar-refractivity contribution is -0.117. The van der Waals surface area contributed by atoms with E-state index in [1.807, 2.05) is 60.7 Å². The molecule has 3 aromatic carbocycles. The van der Waals surface area contributed by atoms with Gasteiger partial charge in [0.15, 0.2) is 0 Å². The van der Waals surface area contributed by atoms with E-state index in [4.69, 9.17) is 19.2 Å². The van der Waals surface area contributed by atoms with E-state index in [0.29, 0.717) is 43.3 Å². The fourth-order valence-corrected chi connectivity index (χ4v) is 4.65. The Balaban J connectivity index is 1.42. The van der Waals surface area contributed by atoms with E-state index >= 15 is 0 Å². The van der Waals surface area contributed by atoms with E-state index < -0.39 is 0 Å². The first-order chi connectivity index (χ1) is 17.1. The smallest absolute Gasteiger partial charge is 0.227 e. The lowest BCUT2D eigenvalue weighted by Gasteiger charge is -2.20. The molecular formula is C28H29N3O4. The molecule has 1 aromatic heterocycles. The van der Waals surface area contributed by atoms with Gasteiger partial charge in [0.05, 0.1) is 37.5 Å². The van der Waals surface area contributed by atoms with Crippen molar-refractivity contribution in [1.29, 1.82) is 0 Å². The Kier molecular flexibility index (Phi) is 6.31. The third kappa shape index (κ3) is 4.54. The van der Waals surface area contributed by atoms with Crippen molar-refractivity contribution in [2.45, 2.75) is 25.8 Å². The number of nitrogens with zero attached hydrogens (tertiary/aromatic N) is 3. The van der Waals surface area contributed by atoms with Gasteiger partial charge in [-0.25, -0.2) is 4.98 Å². The van der Waals surface area contributed by atoms with Crippen molar-refractivity contribution in [1.82, 2.24) is 9.55 Å². The summed E-state index contributed by atoms with van der Waals surface area (Å²) in [6.07, 6.45) is 0.377. The number of carbonyl (C=O) groups excluding carboxylic acids is 1. The number of para-hydroxylation sites is 2. The summed E-state index contributed by atoms with van der Waals surface area (Å²) in [5.41, 5.74) is 3.87.